The Labute approximate surface area is 272 Å². The van der Waals surface area contributed by atoms with Crippen LogP contribution in [0, 0.1) is 0 Å². The Morgan fingerprint density at radius 2 is 1.04 bits per heavy atom. The Morgan fingerprint density at radius 1 is 0.578 bits per heavy atom. The second-order valence-corrected chi connectivity index (χ2v) is 12.5. The number of halogens is 1. The van der Waals surface area contributed by atoms with E-state index in [9.17, 15) is 9.18 Å². The van der Waals surface area contributed by atoms with Crippen LogP contribution in [0.2, 0.25) is 0 Å². The molecule has 4 heteroatoms. The average molecular weight is 617 g/mol. The van der Waals surface area contributed by atoms with Crippen molar-refractivity contribution < 1.29 is 18.7 Å². The fraction of sp³-hybridized carbons (Fsp3) is 0.537. The highest BCUT2D eigenvalue weighted by atomic mass is 19.1. The number of alkyl halides is 1. The van der Waals surface area contributed by atoms with Crippen molar-refractivity contribution in [1.29, 1.82) is 0 Å². The maximum Gasteiger partial charge on any atom is 0.343 e. The number of esters is 1. The van der Waals surface area contributed by atoms with E-state index in [2.05, 4.69) is 13.8 Å². The number of ether oxygens (including phenoxy) is 2. The van der Waals surface area contributed by atoms with Crippen molar-refractivity contribution in [2.75, 3.05) is 6.61 Å². The first kappa shape index (κ1) is 36.3. The Hall–Kier alpha value is -3.14. The zero-order valence-corrected chi connectivity index (χ0v) is 28.0. The van der Waals surface area contributed by atoms with E-state index < -0.39 is 6.17 Å². The molecule has 45 heavy (non-hydrogen) atoms. The van der Waals surface area contributed by atoms with Gasteiger partial charge in [-0.15, -0.1) is 0 Å². The number of aryl methyl sites for hydroxylation is 1. The van der Waals surface area contributed by atoms with E-state index in [0.717, 1.165) is 30.4 Å². The highest BCUT2D eigenvalue weighted by molar-refractivity contribution is 5.91. The summed E-state index contributed by atoms with van der Waals surface area (Å²) in [6, 6.07) is 22.9. The number of benzene rings is 3. The van der Waals surface area contributed by atoms with Gasteiger partial charge in [0.05, 0.1) is 5.56 Å². The van der Waals surface area contributed by atoms with Crippen LogP contribution in [0.25, 0.3) is 11.1 Å². The normalized spacial score (nSPS) is 11.8. The van der Waals surface area contributed by atoms with Gasteiger partial charge in [-0.1, -0.05) is 147 Å². The summed E-state index contributed by atoms with van der Waals surface area (Å²) in [7, 11) is 0. The van der Waals surface area contributed by atoms with Crippen LogP contribution in [-0.2, 0) is 6.42 Å². The van der Waals surface area contributed by atoms with Gasteiger partial charge in [0.25, 0.3) is 0 Å². The molecule has 0 bridgehead atoms. The van der Waals surface area contributed by atoms with Gasteiger partial charge in [0, 0.05) is 0 Å². The van der Waals surface area contributed by atoms with Gasteiger partial charge in [0.1, 0.15) is 24.3 Å². The SMILES string of the molecule is CCCCCCCCCCCCCCC(F)COc1ccc(-c2ccc(C(=O)Oc3ccc(CCCCCC)cc3)cc2)cc1. The smallest absolute Gasteiger partial charge is 0.343 e. The fourth-order valence-electron chi connectivity index (χ4n) is 5.67. The molecule has 0 heterocycles. The lowest BCUT2D eigenvalue weighted by Crippen LogP contribution is -2.12. The van der Waals surface area contributed by atoms with E-state index in [1.54, 1.807) is 12.1 Å². The molecule has 0 saturated heterocycles. The first-order chi connectivity index (χ1) is 22.1. The highest BCUT2D eigenvalue weighted by Gasteiger charge is 2.11. The van der Waals surface area contributed by atoms with Gasteiger partial charge in [-0.05, 0) is 72.4 Å². The van der Waals surface area contributed by atoms with Crippen molar-refractivity contribution in [2.24, 2.45) is 0 Å². The molecule has 3 aromatic rings. The molecular weight excluding hydrogens is 559 g/mol. The molecule has 3 aromatic carbocycles. The van der Waals surface area contributed by atoms with Crippen molar-refractivity contribution in [1.82, 2.24) is 0 Å². The molecule has 1 unspecified atom stereocenters. The third kappa shape index (κ3) is 15.1. The summed E-state index contributed by atoms with van der Waals surface area (Å²) in [5, 5.41) is 0. The molecule has 0 aliphatic heterocycles. The van der Waals surface area contributed by atoms with Crippen LogP contribution in [0.15, 0.2) is 72.8 Å². The molecule has 3 nitrogen and oxygen atoms in total. The Balaban J connectivity index is 1.30. The number of unbranched alkanes of at least 4 members (excludes halogenated alkanes) is 14. The van der Waals surface area contributed by atoms with Crippen molar-refractivity contribution in [3.05, 3.63) is 83.9 Å². The molecule has 1 atom stereocenters. The van der Waals surface area contributed by atoms with Crippen LogP contribution in [0.4, 0.5) is 4.39 Å². The molecule has 0 radical (unpaired) electrons. The van der Waals surface area contributed by atoms with Crippen molar-refractivity contribution in [3.8, 4) is 22.6 Å². The first-order valence-corrected chi connectivity index (χ1v) is 17.9. The minimum Gasteiger partial charge on any atom is -0.491 e. The Bertz CT molecular complexity index is 1170. The number of carbonyl (C=O) groups is 1. The lowest BCUT2D eigenvalue weighted by Gasteiger charge is -2.11. The summed E-state index contributed by atoms with van der Waals surface area (Å²) >= 11 is 0. The second-order valence-electron chi connectivity index (χ2n) is 12.5. The van der Waals surface area contributed by atoms with Gasteiger partial charge >= 0.3 is 5.97 Å². The third-order valence-corrected chi connectivity index (χ3v) is 8.56. The molecule has 0 N–H and O–H groups in total. The molecule has 0 aliphatic carbocycles. The van der Waals surface area contributed by atoms with Crippen molar-refractivity contribution in [2.45, 2.75) is 136 Å². The monoisotopic (exact) mass is 616 g/mol. The van der Waals surface area contributed by atoms with Crippen LogP contribution in [0.5, 0.6) is 11.5 Å². The Kier molecular flexibility index (Phi) is 18.1. The van der Waals surface area contributed by atoms with E-state index in [1.807, 2.05) is 60.7 Å². The van der Waals surface area contributed by atoms with E-state index in [0.29, 0.717) is 23.5 Å². The average Bonchev–Trinajstić information content (AvgIpc) is 3.07. The Morgan fingerprint density at radius 3 is 1.60 bits per heavy atom. The van der Waals surface area contributed by atoms with E-state index in [-0.39, 0.29) is 12.6 Å². The summed E-state index contributed by atoms with van der Waals surface area (Å²) in [4.78, 5) is 12.7. The van der Waals surface area contributed by atoms with Crippen LogP contribution in [0.1, 0.15) is 139 Å². The summed E-state index contributed by atoms with van der Waals surface area (Å²) in [6.07, 6.45) is 21.0. The molecule has 0 amide bonds. The first-order valence-electron chi connectivity index (χ1n) is 17.9. The number of rotatable bonds is 24. The predicted molar refractivity (Wildman–Crippen MR) is 187 cm³/mol. The quantitative estimate of drug-likeness (QED) is 0.0570. The molecule has 0 aromatic heterocycles. The highest BCUT2D eigenvalue weighted by Crippen LogP contribution is 2.24. The minimum absolute atomic E-state index is 0.0931. The lowest BCUT2D eigenvalue weighted by atomic mass is 10.0. The summed E-state index contributed by atoms with van der Waals surface area (Å²) in [5.74, 6) is 0.857. The number of carbonyl (C=O) groups excluding carboxylic acids is 1. The molecule has 0 fully saturated rings. The number of hydrogen-bond acceptors (Lipinski definition) is 3. The van der Waals surface area contributed by atoms with Crippen molar-refractivity contribution in [3.63, 3.8) is 0 Å². The largest absolute Gasteiger partial charge is 0.491 e. The van der Waals surface area contributed by atoms with Crippen molar-refractivity contribution >= 4 is 5.97 Å². The van der Waals surface area contributed by atoms with Gasteiger partial charge in [0.2, 0.25) is 0 Å². The van der Waals surface area contributed by atoms with Gasteiger partial charge in [-0.25, -0.2) is 9.18 Å². The topological polar surface area (TPSA) is 35.5 Å². The lowest BCUT2D eigenvalue weighted by molar-refractivity contribution is 0.0734. The second kappa shape index (κ2) is 22.4. The van der Waals surface area contributed by atoms with Crippen LogP contribution >= 0.6 is 0 Å². The minimum atomic E-state index is -0.936. The predicted octanol–water partition coefficient (Wildman–Crippen LogP) is 12.5. The molecule has 0 saturated carbocycles. The van der Waals surface area contributed by atoms with E-state index in [1.165, 1.54) is 95.5 Å². The standard InChI is InChI=1S/C41H57FO3/c1-3-5-7-9-10-11-12-13-14-15-16-18-20-38(42)33-44-39-31-27-36(28-32-39)35-23-25-37(26-24-35)41(43)45-40-29-21-34(22-30-40)19-17-8-6-4-2/h21-32,38H,3-20,33H2,1-2H3. The van der Waals surface area contributed by atoms with Gasteiger partial charge in [-0.2, -0.15) is 0 Å². The van der Waals surface area contributed by atoms with Gasteiger partial charge in [-0.3, -0.25) is 0 Å². The maximum atomic E-state index is 14.4. The summed E-state index contributed by atoms with van der Waals surface area (Å²) in [5.41, 5.74) is 3.77. The summed E-state index contributed by atoms with van der Waals surface area (Å²) < 4.78 is 25.7. The van der Waals surface area contributed by atoms with E-state index >= 15 is 0 Å². The molecule has 3 rings (SSSR count). The molecule has 246 valence electrons. The van der Waals surface area contributed by atoms with Gasteiger partial charge < -0.3 is 9.47 Å². The van der Waals surface area contributed by atoms with Crippen LogP contribution in [-0.4, -0.2) is 18.7 Å². The molecule has 0 aliphatic rings. The summed E-state index contributed by atoms with van der Waals surface area (Å²) in [6.45, 7) is 4.57. The molecular formula is C41H57FO3. The van der Waals surface area contributed by atoms with Crippen LogP contribution < -0.4 is 9.47 Å². The number of hydrogen-bond donors (Lipinski definition) is 0. The zero-order valence-electron chi connectivity index (χ0n) is 28.0. The van der Waals surface area contributed by atoms with E-state index in [4.69, 9.17) is 9.47 Å². The van der Waals surface area contributed by atoms with Gasteiger partial charge in [0.15, 0.2) is 0 Å². The fourth-order valence-corrected chi connectivity index (χ4v) is 5.67. The zero-order chi connectivity index (χ0) is 32.0. The maximum absolute atomic E-state index is 14.4. The third-order valence-electron chi connectivity index (χ3n) is 8.56. The molecule has 0 spiro atoms. The van der Waals surface area contributed by atoms with Crippen LogP contribution in [0.3, 0.4) is 0 Å².